The van der Waals surface area contributed by atoms with Gasteiger partial charge in [-0.2, -0.15) is 12.8 Å². The Hall–Kier alpha value is -3.80. The van der Waals surface area contributed by atoms with Crippen LogP contribution in [0.1, 0.15) is 31.9 Å². The highest BCUT2D eigenvalue weighted by Crippen LogP contribution is 2.28. The van der Waals surface area contributed by atoms with Crippen molar-refractivity contribution in [2.45, 2.75) is 31.2 Å². The van der Waals surface area contributed by atoms with Crippen molar-refractivity contribution in [3.8, 4) is 0 Å². The third-order valence-corrected chi connectivity index (χ3v) is 5.80. The molecule has 0 aliphatic heterocycles. The van der Waals surface area contributed by atoms with Crippen molar-refractivity contribution < 1.29 is 27.9 Å². The number of amides is 1. The van der Waals surface area contributed by atoms with E-state index in [1.807, 2.05) is 13.8 Å². The molecule has 12 heteroatoms. The second kappa shape index (κ2) is 11.2. The van der Waals surface area contributed by atoms with Crippen LogP contribution in [0.5, 0.6) is 0 Å². The van der Waals surface area contributed by atoms with Crippen LogP contribution in [0.25, 0.3) is 0 Å². The van der Waals surface area contributed by atoms with E-state index < -0.39 is 40.5 Å². The van der Waals surface area contributed by atoms with Gasteiger partial charge in [0.15, 0.2) is 0 Å². The molecule has 0 aliphatic rings. The SMILES string of the molecule is CC(C)COC(=O)NC(CC(=O)O)c1cccc(N(N=C(N)N)S(=O)(=O)c2ccccc2)c1. The molecule has 11 nitrogen and oxygen atoms in total. The number of nitrogens with zero attached hydrogens (tertiary/aromatic N) is 2. The minimum absolute atomic E-state index is 0.0393. The third kappa shape index (κ3) is 7.38. The number of aliphatic carboxylic acids is 1. The van der Waals surface area contributed by atoms with Crippen LogP contribution < -0.4 is 21.2 Å². The first kappa shape index (κ1) is 25.5. The van der Waals surface area contributed by atoms with Crippen molar-refractivity contribution in [2.24, 2.45) is 22.5 Å². The molecule has 2 aromatic rings. The Bertz CT molecular complexity index is 1100. The Morgan fingerprint density at radius 2 is 1.79 bits per heavy atom. The molecule has 2 rings (SSSR count). The Kier molecular flexibility index (Phi) is 8.63. The predicted octanol–water partition coefficient (Wildman–Crippen LogP) is 1.97. The average Bonchev–Trinajstić information content (AvgIpc) is 2.76. The van der Waals surface area contributed by atoms with Crippen LogP contribution in [0.4, 0.5) is 10.5 Å². The highest BCUT2D eigenvalue weighted by Gasteiger charge is 2.27. The lowest BCUT2D eigenvalue weighted by Gasteiger charge is -2.22. The zero-order valence-electron chi connectivity index (χ0n) is 18.2. The lowest BCUT2D eigenvalue weighted by Crippen LogP contribution is -2.33. The van der Waals surface area contributed by atoms with Gasteiger partial charge in [0.1, 0.15) is 0 Å². The van der Waals surface area contributed by atoms with E-state index in [9.17, 15) is 23.1 Å². The molecule has 6 N–H and O–H groups in total. The van der Waals surface area contributed by atoms with Gasteiger partial charge in [0, 0.05) is 0 Å². The van der Waals surface area contributed by atoms with Crippen LogP contribution in [-0.4, -0.2) is 38.2 Å². The second-order valence-corrected chi connectivity index (χ2v) is 9.24. The summed E-state index contributed by atoms with van der Waals surface area (Å²) in [7, 11) is -4.20. The number of nitrogens with two attached hydrogens (primary N) is 2. The summed E-state index contributed by atoms with van der Waals surface area (Å²) in [6.45, 7) is 3.87. The lowest BCUT2D eigenvalue weighted by molar-refractivity contribution is -0.137. The van der Waals surface area contributed by atoms with Crippen LogP contribution in [0.2, 0.25) is 0 Å². The lowest BCUT2D eigenvalue weighted by atomic mass is 10.0. The van der Waals surface area contributed by atoms with Gasteiger partial charge in [-0.05, 0) is 35.7 Å². The number of alkyl carbamates (subject to hydrolysis) is 1. The van der Waals surface area contributed by atoms with E-state index in [0.717, 1.165) is 0 Å². The Labute approximate surface area is 192 Å². The quantitative estimate of drug-likeness (QED) is 0.228. The van der Waals surface area contributed by atoms with Gasteiger partial charge >= 0.3 is 12.1 Å². The number of rotatable bonds is 10. The fourth-order valence-electron chi connectivity index (χ4n) is 2.76. The molecule has 0 aromatic heterocycles. The summed E-state index contributed by atoms with van der Waals surface area (Å²) in [5.41, 5.74) is 11.3. The number of carboxylic acids is 1. The zero-order chi connectivity index (χ0) is 24.6. The number of hydrogen-bond acceptors (Lipinski definition) is 6. The second-order valence-electron chi connectivity index (χ2n) is 7.47. The fourth-order valence-corrected chi connectivity index (χ4v) is 4.05. The van der Waals surface area contributed by atoms with E-state index in [1.165, 1.54) is 30.3 Å². The molecule has 1 amide bonds. The van der Waals surface area contributed by atoms with Crippen molar-refractivity contribution in [2.75, 3.05) is 11.0 Å². The van der Waals surface area contributed by atoms with Crippen molar-refractivity contribution in [1.82, 2.24) is 5.32 Å². The number of sulfonamides is 1. The number of carbonyl (C=O) groups is 2. The van der Waals surface area contributed by atoms with E-state index in [-0.39, 0.29) is 23.1 Å². The molecule has 178 valence electrons. The van der Waals surface area contributed by atoms with Gasteiger partial charge in [0.05, 0.1) is 29.7 Å². The number of carboxylic acid groups (broad SMARTS) is 1. The Morgan fingerprint density at radius 3 is 2.36 bits per heavy atom. The largest absolute Gasteiger partial charge is 0.481 e. The molecule has 0 spiro atoms. The van der Waals surface area contributed by atoms with Crippen molar-refractivity contribution >= 4 is 33.7 Å². The molecule has 1 unspecified atom stereocenters. The van der Waals surface area contributed by atoms with Gasteiger partial charge in [-0.25, -0.2) is 4.79 Å². The van der Waals surface area contributed by atoms with Gasteiger partial charge in [-0.1, -0.05) is 44.2 Å². The van der Waals surface area contributed by atoms with Crippen LogP contribution in [-0.2, 0) is 19.6 Å². The first-order valence-corrected chi connectivity index (χ1v) is 11.4. The maximum absolute atomic E-state index is 13.2. The number of hydrazone groups is 1. The predicted molar refractivity (Wildman–Crippen MR) is 123 cm³/mol. The van der Waals surface area contributed by atoms with Gasteiger partial charge in [0.2, 0.25) is 5.96 Å². The normalized spacial score (nSPS) is 12.0. The molecule has 0 saturated carbocycles. The molecule has 0 saturated heterocycles. The zero-order valence-corrected chi connectivity index (χ0v) is 19.0. The molecule has 0 aliphatic carbocycles. The highest BCUT2D eigenvalue weighted by molar-refractivity contribution is 7.92. The minimum atomic E-state index is -4.20. The molecule has 0 heterocycles. The van der Waals surface area contributed by atoms with Crippen molar-refractivity contribution in [3.63, 3.8) is 0 Å². The number of guanidine groups is 1. The van der Waals surface area contributed by atoms with Crippen LogP contribution in [0.15, 0.2) is 64.6 Å². The molecule has 2 aromatic carbocycles. The topological polar surface area (TPSA) is 177 Å². The van der Waals surface area contributed by atoms with E-state index in [0.29, 0.717) is 9.98 Å². The molecule has 33 heavy (non-hydrogen) atoms. The molecular weight excluding hydrogens is 450 g/mol. The highest BCUT2D eigenvalue weighted by atomic mass is 32.2. The Balaban J connectivity index is 2.46. The van der Waals surface area contributed by atoms with E-state index in [1.54, 1.807) is 24.3 Å². The first-order valence-electron chi connectivity index (χ1n) is 9.95. The number of hydrogen-bond donors (Lipinski definition) is 4. The smallest absolute Gasteiger partial charge is 0.407 e. The van der Waals surface area contributed by atoms with Crippen LogP contribution in [0, 0.1) is 5.92 Å². The maximum atomic E-state index is 13.2. The van der Waals surface area contributed by atoms with E-state index in [4.69, 9.17) is 16.2 Å². The van der Waals surface area contributed by atoms with Gasteiger partial charge in [-0.15, -0.1) is 5.10 Å². The summed E-state index contributed by atoms with van der Waals surface area (Å²) in [4.78, 5) is 23.5. The molecule has 1 atom stereocenters. The number of carbonyl (C=O) groups excluding carboxylic acids is 1. The maximum Gasteiger partial charge on any atom is 0.407 e. The summed E-state index contributed by atoms with van der Waals surface area (Å²) >= 11 is 0. The van der Waals surface area contributed by atoms with Crippen molar-refractivity contribution in [1.29, 1.82) is 0 Å². The first-order chi connectivity index (χ1) is 15.5. The van der Waals surface area contributed by atoms with Gasteiger partial charge in [0.25, 0.3) is 10.0 Å². The summed E-state index contributed by atoms with van der Waals surface area (Å²) in [6, 6.07) is 12.4. The van der Waals surface area contributed by atoms with E-state index >= 15 is 0 Å². The van der Waals surface area contributed by atoms with Gasteiger partial charge < -0.3 is 26.6 Å². The molecular formula is C21H27N5O6S. The van der Waals surface area contributed by atoms with Crippen molar-refractivity contribution in [3.05, 3.63) is 60.2 Å². The molecule has 0 bridgehead atoms. The molecule has 0 radical (unpaired) electrons. The minimum Gasteiger partial charge on any atom is -0.481 e. The standard InChI is InChI=1S/C21H27N5O6S/c1-14(2)13-32-21(29)24-18(12-19(27)28)15-7-6-8-16(11-15)26(25-20(22)23)33(30,31)17-9-4-3-5-10-17/h3-11,14,18H,12-13H2,1-2H3,(H,24,29)(H,27,28)(H4,22,23,25). The van der Waals surface area contributed by atoms with Crippen LogP contribution >= 0.6 is 0 Å². The summed E-state index contributed by atoms with van der Waals surface area (Å²) < 4.78 is 32.1. The monoisotopic (exact) mass is 477 g/mol. The summed E-state index contributed by atoms with van der Waals surface area (Å²) in [5, 5.41) is 15.6. The van der Waals surface area contributed by atoms with E-state index in [2.05, 4.69) is 10.4 Å². The Morgan fingerprint density at radius 1 is 1.12 bits per heavy atom. The molecule has 0 fully saturated rings. The number of anilines is 1. The number of benzene rings is 2. The number of ether oxygens (including phenoxy) is 1. The van der Waals surface area contributed by atoms with Crippen LogP contribution in [0.3, 0.4) is 0 Å². The fraction of sp³-hybridized carbons (Fsp3) is 0.286. The summed E-state index contributed by atoms with van der Waals surface area (Å²) in [5.74, 6) is -1.58. The van der Waals surface area contributed by atoms with Gasteiger partial charge in [-0.3, -0.25) is 4.79 Å². The third-order valence-electron chi connectivity index (χ3n) is 4.19. The summed E-state index contributed by atoms with van der Waals surface area (Å²) in [6.07, 6.45) is -1.26. The number of nitrogens with one attached hydrogen (secondary N) is 1. The average molecular weight is 478 g/mol.